The summed E-state index contributed by atoms with van der Waals surface area (Å²) in [6.07, 6.45) is 3.14. The first-order chi connectivity index (χ1) is 14.1. The molecule has 0 aliphatic carbocycles. The van der Waals surface area contributed by atoms with Crippen molar-refractivity contribution < 1.29 is 9.47 Å². The molecule has 6 nitrogen and oxygen atoms in total. The first kappa shape index (κ1) is 21.7. The molecule has 0 spiro atoms. The second-order valence-corrected chi connectivity index (χ2v) is 7.90. The lowest BCUT2D eigenvalue weighted by atomic mass is 10.1. The van der Waals surface area contributed by atoms with E-state index in [1.807, 2.05) is 32.0 Å². The second kappa shape index (κ2) is 10.7. The summed E-state index contributed by atoms with van der Waals surface area (Å²) < 4.78 is 11.2. The molecule has 3 rings (SSSR count). The van der Waals surface area contributed by atoms with Gasteiger partial charge in [-0.1, -0.05) is 12.1 Å². The van der Waals surface area contributed by atoms with E-state index < -0.39 is 0 Å². The molecule has 1 aromatic carbocycles. The molecule has 1 unspecified atom stereocenters. The number of ether oxygens (including phenoxy) is 2. The zero-order chi connectivity index (χ0) is 20.6. The van der Waals surface area contributed by atoms with E-state index in [9.17, 15) is 4.79 Å². The SMILES string of the molecule is CCOCCCNC(=S)N(Cc1cc2ccc(C)cc2[nH]c1=O)CC1CCCO1. The van der Waals surface area contributed by atoms with E-state index in [1.165, 1.54) is 0 Å². The Morgan fingerprint density at radius 2 is 2.28 bits per heavy atom. The van der Waals surface area contributed by atoms with Crippen LogP contribution in [0.3, 0.4) is 0 Å². The summed E-state index contributed by atoms with van der Waals surface area (Å²) in [6, 6.07) is 8.06. The van der Waals surface area contributed by atoms with Crippen molar-refractivity contribution >= 4 is 28.2 Å². The Kier molecular flexibility index (Phi) is 8.03. The Morgan fingerprint density at radius 1 is 1.41 bits per heavy atom. The largest absolute Gasteiger partial charge is 0.382 e. The molecule has 2 N–H and O–H groups in total. The molecule has 7 heteroatoms. The third-order valence-electron chi connectivity index (χ3n) is 5.12. The average Bonchev–Trinajstić information content (AvgIpc) is 3.21. The quantitative estimate of drug-likeness (QED) is 0.483. The van der Waals surface area contributed by atoms with Gasteiger partial charge in [0.25, 0.3) is 5.56 Å². The average molecular weight is 418 g/mol. The van der Waals surface area contributed by atoms with E-state index in [1.54, 1.807) is 0 Å². The summed E-state index contributed by atoms with van der Waals surface area (Å²) in [5, 5.41) is 4.99. The highest BCUT2D eigenvalue weighted by Gasteiger charge is 2.22. The molecule has 1 aliphatic heterocycles. The fraction of sp³-hybridized carbons (Fsp3) is 0.545. The van der Waals surface area contributed by atoms with E-state index in [0.29, 0.717) is 30.4 Å². The summed E-state index contributed by atoms with van der Waals surface area (Å²) >= 11 is 5.65. The van der Waals surface area contributed by atoms with Crippen LogP contribution in [0, 0.1) is 6.92 Å². The van der Waals surface area contributed by atoms with Crippen LogP contribution in [0.1, 0.15) is 37.3 Å². The molecule has 2 aromatic rings. The number of thiocarbonyl (C=S) groups is 1. The number of aryl methyl sites for hydroxylation is 1. The van der Waals surface area contributed by atoms with Crippen molar-refractivity contribution in [1.29, 1.82) is 0 Å². The van der Waals surface area contributed by atoms with Crippen LogP contribution < -0.4 is 10.9 Å². The Morgan fingerprint density at radius 3 is 3.03 bits per heavy atom. The molecule has 1 fully saturated rings. The van der Waals surface area contributed by atoms with Gasteiger partial charge >= 0.3 is 0 Å². The van der Waals surface area contributed by atoms with E-state index in [0.717, 1.165) is 55.5 Å². The Hall–Kier alpha value is -1.96. The Labute approximate surface area is 177 Å². The van der Waals surface area contributed by atoms with Crippen molar-refractivity contribution in [2.75, 3.05) is 32.9 Å². The molecule has 1 aliphatic rings. The number of hydrogen-bond acceptors (Lipinski definition) is 4. The van der Waals surface area contributed by atoms with Gasteiger partial charge in [0.1, 0.15) is 0 Å². The fourth-order valence-corrected chi connectivity index (χ4v) is 3.80. The predicted octanol–water partition coefficient (Wildman–Crippen LogP) is 3.12. The number of benzene rings is 1. The van der Waals surface area contributed by atoms with Gasteiger partial charge in [0.15, 0.2) is 5.11 Å². The highest BCUT2D eigenvalue weighted by molar-refractivity contribution is 7.80. The third-order valence-corrected chi connectivity index (χ3v) is 5.52. The number of aromatic nitrogens is 1. The van der Waals surface area contributed by atoms with Crippen LogP contribution in [0.2, 0.25) is 0 Å². The van der Waals surface area contributed by atoms with Crippen molar-refractivity contribution in [2.24, 2.45) is 0 Å². The standard InChI is InChI=1S/C22H31N3O3S/c1-3-27-10-5-9-23-22(29)25(15-19-6-4-11-28-19)14-18-13-17-8-7-16(2)12-20(17)24-21(18)26/h7-8,12-13,19H,3-6,9-11,14-15H2,1-2H3,(H,23,29)(H,24,26). The van der Waals surface area contributed by atoms with E-state index in [4.69, 9.17) is 21.7 Å². The van der Waals surface area contributed by atoms with Crippen molar-refractivity contribution in [3.05, 3.63) is 45.7 Å². The minimum absolute atomic E-state index is 0.0698. The summed E-state index contributed by atoms with van der Waals surface area (Å²) in [7, 11) is 0. The molecule has 1 aromatic heterocycles. The smallest absolute Gasteiger partial charge is 0.253 e. The van der Waals surface area contributed by atoms with Gasteiger partial charge in [-0.3, -0.25) is 4.79 Å². The minimum atomic E-state index is -0.0698. The van der Waals surface area contributed by atoms with Gasteiger partial charge in [-0.15, -0.1) is 0 Å². The maximum Gasteiger partial charge on any atom is 0.253 e. The van der Waals surface area contributed by atoms with Crippen LogP contribution in [0.15, 0.2) is 29.1 Å². The minimum Gasteiger partial charge on any atom is -0.382 e. The van der Waals surface area contributed by atoms with Crippen LogP contribution in [-0.2, 0) is 16.0 Å². The van der Waals surface area contributed by atoms with Gasteiger partial charge in [0.05, 0.1) is 12.6 Å². The maximum atomic E-state index is 12.7. The zero-order valence-corrected chi connectivity index (χ0v) is 18.1. The second-order valence-electron chi connectivity index (χ2n) is 7.51. The first-order valence-electron chi connectivity index (χ1n) is 10.4. The number of H-pyrrole nitrogens is 1. The normalized spacial score (nSPS) is 16.3. The summed E-state index contributed by atoms with van der Waals surface area (Å²) in [5.41, 5.74) is 2.62. The summed E-state index contributed by atoms with van der Waals surface area (Å²) in [4.78, 5) is 17.7. The highest BCUT2D eigenvalue weighted by atomic mass is 32.1. The van der Waals surface area contributed by atoms with E-state index >= 15 is 0 Å². The lowest BCUT2D eigenvalue weighted by molar-refractivity contribution is 0.0896. The van der Waals surface area contributed by atoms with Gasteiger partial charge in [0.2, 0.25) is 0 Å². The lowest BCUT2D eigenvalue weighted by Crippen LogP contribution is -2.44. The van der Waals surface area contributed by atoms with Crippen molar-refractivity contribution in [3.8, 4) is 0 Å². The molecule has 1 saturated heterocycles. The molecular formula is C22H31N3O3S. The van der Waals surface area contributed by atoms with Crippen LogP contribution in [0.4, 0.5) is 0 Å². The molecule has 0 saturated carbocycles. The summed E-state index contributed by atoms with van der Waals surface area (Å²) in [6.45, 7) is 8.12. The highest BCUT2D eigenvalue weighted by Crippen LogP contribution is 2.17. The number of nitrogens with one attached hydrogen (secondary N) is 2. The van der Waals surface area contributed by atoms with Gasteiger partial charge in [-0.2, -0.15) is 0 Å². The lowest BCUT2D eigenvalue weighted by Gasteiger charge is -2.28. The fourth-order valence-electron chi connectivity index (χ4n) is 3.56. The summed E-state index contributed by atoms with van der Waals surface area (Å²) in [5.74, 6) is 0. The Balaban J connectivity index is 1.72. The van der Waals surface area contributed by atoms with Crippen LogP contribution in [-0.4, -0.2) is 54.0 Å². The molecule has 2 heterocycles. The number of aromatic amines is 1. The number of nitrogens with zero attached hydrogens (tertiary/aromatic N) is 1. The van der Waals surface area contributed by atoms with Gasteiger partial charge in [-0.05, 0) is 68.4 Å². The zero-order valence-electron chi connectivity index (χ0n) is 17.3. The molecule has 29 heavy (non-hydrogen) atoms. The van der Waals surface area contributed by atoms with Crippen LogP contribution >= 0.6 is 12.2 Å². The topological polar surface area (TPSA) is 66.6 Å². The molecular weight excluding hydrogens is 386 g/mol. The van der Waals surface area contributed by atoms with Gasteiger partial charge in [0, 0.05) is 44.0 Å². The van der Waals surface area contributed by atoms with Crippen LogP contribution in [0.25, 0.3) is 10.9 Å². The first-order valence-corrected chi connectivity index (χ1v) is 10.8. The maximum absolute atomic E-state index is 12.7. The van der Waals surface area contributed by atoms with Crippen LogP contribution in [0.5, 0.6) is 0 Å². The monoisotopic (exact) mass is 417 g/mol. The molecule has 0 radical (unpaired) electrons. The number of hydrogen-bond donors (Lipinski definition) is 2. The van der Waals surface area contributed by atoms with Crippen molar-refractivity contribution in [1.82, 2.24) is 15.2 Å². The van der Waals surface area contributed by atoms with Gasteiger partial charge < -0.3 is 24.7 Å². The molecule has 158 valence electrons. The molecule has 0 amide bonds. The third kappa shape index (κ3) is 6.26. The number of pyridine rings is 1. The molecule has 1 atom stereocenters. The Bertz CT molecular complexity index is 877. The van der Waals surface area contributed by atoms with Gasteiger partial charge in [-0.25, -0.2) is 0 Å². The van der Waals surface area contributed by atoms with Crippen molar-refractivity contribution in [2.45, 2.75) is 45.8 Å². The number of fused-ring (bicyclic) bond motifs is 1. The van der Waals surface area contributed by atoms with E-state index in [2.05, 4.69) is 21.3 Å². The predicted molar refractivity (Wildman–Crippen MR) is 120 cm³/mol. The van der Waals surface area contributed by atoms with E-state index in [-0.39, 0.29) is 11.7 Å². The molecule has 0 bridgehead atoms. The number of rotatable bonds is 9. The van der Waals surface area contributed by atoms with Crippen molar-refractivity contribution in [3.63, 3.8) is 0 Å².